The van der Waals surface area contributed by atoms with Gasteiger partial charge in [-0.15, -0.1) is 0 Å². The minimum absolute atomic E-state index is 0.106. The number of hydrogen-bond acceptors (Lipinski definition) is 3. The Bertz CT molecular complexity index is 1150. The number of benzene rings is 3. The quantitative estimate of drug-likeness (QED) is 0.263. The van der Waals surface area contributed by atoms with Gasteiger partial charge in [0.25, 0.3) is 0 Å². The van der Waals surface area contributed by atoms with Gasteiger partial charge in [-0.3, -0.25) is 0 Å². The molecule has 0 fully saturated rings. The highest BCUT2D eigenvalue weighted by molar-refractivity contribution is 9.11. The van der Waals surface area contributed by atoms with E-state index in [0.29, 0.717) is 5.56 Å². The van der Waals surface area contributed by atoms with Crippen LogP contribution in [0.15, 0.2) is 66.4 Å². The Hall–Kier alpha value is -1.35. The molecule has 2 aliphatic heterocycles. The summed E-state index contributed by atoms with van der Waals surface area (Å²) in [6, 6.07) is 15.3. The number of anilines is 2. The van der Waals surface area contributed by atoms with E-state index in [1.54, 1.807) is 12.1 Å². The first kappa shape index (κ1) is 20.5. The molecular weight excluding hydrogens is 644 g/mol. The van der Waals surface area contributed by atoms with Crippen LogP contribution >= 0.6 is 63.7 Å². The molecule has 8 heteroatoms. The number of nitrogens with one attached hydrogen (secondary N) is 2. The average molecular weight is 658 g/mol. The topological polar surface area (TPSA) is 61.4 Å². The summed E-state index contributed by atoms with van der Waals surface area (Å²) in [4.78, 5) is 12.0. The summed E-state index contributed by atoms with van der Waals surface area (Å²) in [5.74, 6) is -1.03. The normalized spacial score (nSPS) is 21.1. The average Bonchev–Trinajstić information content (AvgIpc) is 2.69. The third-order valence-corrected chi connectivity index (χ3v) is 7.88. The molecule has 2 atom stereocenters. The van der Waals surface area contributed by atoms with Crippen LogP contribution in [0.25, 0.3) is 0 Å². The predicted octanol–water partition coefficient (Wildman–Crippen LogP) is 7.85. The van der Waals surface area contributed by atoms with E-state index >= 15 is 0 Å². The van der Waals surface area contributed by atoms with Crippen molar-refractivity contribution in [3.63, 3.8) is 0 Å². The Balaban J connectivity index is 1.80. The van der Waals surface area contributed by atoms with Crippen LogP contribution in [-0.2, 0) is 0 Å². The maximum Gasteiger partial charge on any atom is 0.335 e. The number of halogens is 4. The summed E-state index contributed by atoms with van der Waals surface area (Å²) in [6.45, 7) is 0. The number of carboxylic acid groups (broad SMARTS) is 1. The highest BCUT2D eigenvalue weighted by Crippen LogP contribution is 2.58. The molecule has 0 spiro atoms. The van der Waals surface area contributed by atoms with Crippen LogP contribution in [0, 0.1) is 0 Å². The van der Waals surface area contributed by atoms with Crippen molar-refractivity contribution >= 4 is 81.1 Å². The molecule has 0 unspecified atom stereocenters. The Labute approximate surface area is 207 Å². The fraction of sp³-hybridized carbons (Fsp3) is 0.136. The van der Waals surface area contributed by atoms with E-state index in [2.05, 4.69) is 86.5 Å². The van der Waals surface area contributed by atoms with Crippen molar-refractivity contribution in [2.75, 3.05) is 10.6 Å². The summed E-state index contributed by atoms with van der Waals surface area (Å²) in [5, 5.41) is 17.3. The molecule has 2 bridgehead atoms. The van der Waals surface area contributed by atoms with E-state index < -0.39 is 5.97 Å². The molecule has 0 saturated heterocycles. The van der Waals surface area contributed by atoms with Gasteiger partial charge in [0.15, 0.2) is 0 Å². The molecule has 3 aromatic carbocycles. The first-order valence-electron chi connectivity index (χ1n) is 9.18. The van der Waals surface area contributed by atoms with Crippen molar-refractivity contribution in [1.29, 1.82) is 0 Å². The van der Waals surface area contributed by atoms with Gasteiger partial charge in [0, 0.05) is 34.9 Å². The van der Waals surface area contributed by atoms with Crippen LogP contribution in [-0.4, -0.2) is 11.1 Å². The van der Waals surface area contributed by atoms with Crippen molar-refractivity contribution in [3.05, 3.63) is 88.7 Å². The molecule has 3 N–H and O–H groups in total. The van der Waals surface area contributed by atoms with Crippen LogP contribution < -0.4 is 10.6 Å². The second-order valence-corrected chi connectivity index (χ2v) is 10.9. The fourth-order valence-corrected chi connectivity index (χ4v) is 7.29. The van der Waals surface area contributed by atoms with Gasteiger partial charge in [-0.25, -0.2) is 4.79 Å². The van der Waals surface area contributed by atoms with E-state index in [1.807, 2.05) is 24.3 Å². The van der Waals surface area contributed by atoms with Gasteiger partial charge >= 0.3 is 5.97 Å². The molecule has 0 amide bonds. The third-order valence-electron chi connectivity index (χ3n) is 5.71. The van der Waals surface area contributed by atoms with Crippen LogP contribution in [0.4, 0.5) is 11.4 Å². The van der Waals surface area contributed by atoms with Gasteiger partial charge in [0.1, 0.15) is 0 Å². The molecule has 30 heavy (non-hydrogen) atoms. The first-order chi connectivity index (χ1) is 14.3. The number of aromatic carboxylic acids is 1. The molecule has 0 saturated carbocycles. The lowest BCUT2D eigenvalue weighted by molar-refractivity contribution is 0.0694. The molecule has 2 heterocycles. The summed E-state index contributed by atoms with van der Waals surface area (Å²) in [7, 11) is 0. The van der Waals surface area contributed by atoms with Gasteiger partial charge in [-0.2, -0.15) is 0 Å². The van der Waals surface area contributed by atoms with Gasteiger partial charge in [0.05, 0.1) is 29.0 Å². The smallest absolute Gasteiger partial charge is 0.335 e. The Morgan fingerprint density at radius 1 is 0.767 bits per heavy atom. The summed E-state index contributed by atoms with van der Waals surface area (Å²) in [6.07, 6.45) is 0. The van der Waals surface area contributed by atoms with Gasteiger partial charge in [-0.05, 0) is 67.8 Å². The minimum atomic E-state index is -0.916. The van der Waals surface area contributed by atoms with E-state index in [9.17, 15) is 9.90 Å². The van der Waals surface area contributed by atoms with Gasteiger partial charge in [0.2, 0.25) is 0 Å². The predicted molar refractivity (Wildman–Crippen MR) is 133 cm³/mol. The molecule has 0 aliphatic carbocycles. The Kier molecular flexibility index (Phi) is 5.24. The molecule has 0 radical (unpaired) electrons. The standard InChI is InChI=1S/C22H14Br4N2O2/c23-9-5-13-18(15(25)7-9)27-21-14-6-10(24)8-16(26)19(14)28-20(13)17(21)11-3-1-2-4-12(11)22(29)30/h1-8,17,20-21,27-28H,(H,29,30)/t20-,21-/m0/s1. The zero-order chi connectivity index (χ0) is 21.2. The molecule has 2 aliphatic rings. The molecule has 4 nitrogen and oxygen atoms in total. The second-order valence-electron chi connectivity index (χ2n) is 7.37. The Morgan fingerprint density at radius 3 is 1.77 bits per heavy atom. The number of fused-ring (bicyclic) bond motifs is 6. The van der Waals surface area contributed by atoms with E-state index in [0.717, 1.165) is 46.0 Å². The molecule has 0 aromatic heterocycles. The maximum atomic E-state index is 12.0. The maximum absolute atomic E-state index is 12.0. The lowest BCUT2D eigenvalue weighted by Gasteiger charge is -2.47. The van der Waals surface area contributed by atoms with Crippen LogP contribution in [0.3, 0.4) is 0 Å². The van der Waals surface area contributed by atoms with Crippen molar-refractivity contribution in [1.82, 2.24) is 0 Å². The van der Waals surface area contributed by atoms with E-state index in [4.69, 9.17) is 0 Å². The largest absolute Gasteiger partial charge is 0.478 e. The fourth-order valence-electron chi connectivity index (χ4n) is 4.55. The lowest BCUT2D eigenvalue weighted by Crippen LogP contribution is -2.39. The summed E-state index contributed by atoms with van der Waals surface area (Å²) in [5.41, 5.74) is 5.34. The molecule has 152 valence electrons. The van der Waals surface area contributed by atoms with E-state index in [-0.39, 0.29) is 18.0 Å². The SMILES string of the molecule is O=C(O)c1ccccc1C1[C@H]2Nc3c(Br)cc(Br)cc3[C@@H]1Nc1c(Br)cc(Br)cc12. The highest BCUT2D eigenvalue weighted by Gasteiger charge is 2.45. The van der Waals surface area contributed by atoms with Crippen molar-refractivity contribution in [2.24, 2.45) is 0 Å². The number of rotatable bonds is 2. The summed E-state index contributed by atoms with van der Waals surface area (Å²) < 4.78 is 3.85. The number of hydrogen-bond donors (Lipinski definition) is 3. The zero-order valence-electron chi connectivity index (χ0n) is 15.2. The molecular formula is C22H14Br4N2O2. The number of carboxylic acids is 1. The number of carbonyl (C=O) groups is 1. The highest BCUT2D eigenvalue weighted by atomic mass is 79.9. The Morgan fingerprint density at radius 2 is 1.27 bits per heavy atom. The first-order valence-corrected chi connectivity index (χ1v) is 12.4. The van der Waals surface area contributed by atoms with Gasteiger partial charge < -0.3 is 15.7 Å². The van der Waals surface area contributed by atoms with Crippen molar-refractivity contribution in [2.45, 2.75) is 18.0 Å². The van der Waals surface area contributed by atoms with Crippen LogP contribution in [0.1, 0.15) is 45.0 Å². The monoisotopic (exact) mass is 654 g/mol. The van der Waals surface area contributed by atoms with Crippen LogP contribution in [0.5, 0.6) is 0 Å². The minimum Gasteiger partial charge on any atom is -0.478 e. The molecule has 3 aromatic rings. The van der Waals surface area contributed by atoms with Crippen molar-refractivity contribution < 1.29 is 9.90 Å². The molecule has 5 rings (SSSR count). The van der Waals surface area contributed by atoms with E-state index in [1.165, 1.54) is 0 Å². The third kappa shape index (κ3) is 3.23. The van der Waals surface area contributed by atoms with Gasteiger partial charge in [-0.1, -0.05) is 50.1 Å². The summed E-state index contributed by atoms with van der Waals surface area (Å²) >= 11 is 14.6. The zero-order valence-corrected chi connectivity index (χ0v) is 21.6. The second kappa shape index (κ2) is 7.65. The lowest BCUT2D eigenvalue weighted by atomic mass is 9.72. The van der Waals surface area contributed by atoms with Crippen LogP contribution in [0.2, 0.25) is 0 Å². The van der Waals surface area contributed by atoms with Crippen molar-refractivity contribution in [3.8, 4) is 0 Å².